The van der Waals surface area contributed by atoms with Gasteiger partial charge in [0.25, 0.3) is 0 Å². The molecule has 1 amide bonds. The van der Waals surface area contributed by atoms with Crippen molar-refractivity contribution in [2.24, 2.45) is 0 Å². The number of fused-ring (bicyclic) bond motifs is 1. The molecule has 1 unspecified atom stereocenters. The van der Waals surface area contributed by atoms with E-state index in [1.807, 2.05) is 60.9 Å². The van der Waals surface area contributed by atoms with Crippen molar-refractivity contribution in [3.8, 4) is 0 Å². The van der Waals surface area contributed by atoms with E-state index >= 15 is 0 Å². The van der Waals surface area contributed by atoms with E-state index in [-0.39, 0.29) is 11.9 Å². The Bertz CT molecular complexity index is 841. The fourth-order valence-electron chi connectivity index (χ4n) is 2.38. The highest BCUT2D eigenvalue weighted by atomic mass is 79.9. The lowest BCUT2D eigenvalue weighted by molar-refractivity contribution is -0.118. The number of amides is 1. The number of halogens is 1. The predicted octanol–water partition coefficient (Wildman–Crippen LogP) is 4.31. The normalized spacial score (nSPS) is 12.3. The summed E-state index contributed by atoms with van der Waals surface area (Å²) < 4.78 is 2.91. The Morgan fingerprint density at radius 3 is 2.82 bits per heavy atom. The van der Waals surface area contributed by atoms with Gasteiger partial charge in [-0.1, -0.05) is 28.1 Å². The fourth-order valence-corrected chi connectivity index (χ4v) is 2.63. The van der Waals surface area contributed by atoms with Gasteiger partial charge in [-0.2, -0.15) is 0 Å². The minimum atomic E-state index is -0.337. The lowest BCUT2D eigenvalue weighted by Crippen LogP contribution is -2.23. The van der Waals surface area contributed by atoms with Gasteiger partial charge in [0, 0.05) is 10.2 Å². The summed E-state index contributed by atoms with van der Waals surface area (Å²) in [6.07, 6.45) is 1.71. The average molecular weight is 358 g/mol. The van der Waals surface area contributed by atoms with Gasteiger partial charge in [0.05, 0.1) is 17.4 Å². The van der Waals surface area contributed by atoms with Crippen molar-refractivity contribution in [3.63, 3.8) is 0 Å². The second kappa shape index (κ2) is 5.93. The smallest absolute Gasteiger partial charge is 0.247 e. The molecule has 1 heterocycles. The number of benzene rings is 2. The molecule has 0 saturated carbocycles. The first kappa shape index (κ1) is 14.8. The average Bonchev–Trinajstić information content (AvgIpc) is 2.94. The molecule has 3 aromatic rings. The zero-order valence-corrected chi connectivity index (χ0v) is 14.0. The lowest BCUT2D eigenvalue weighted by Gasteiger charge is -2.15. The number of aryl methyl sites for hydroxylation is 1. The Morgan fingerprint density at radius 2 is 2.05 bits per heavy atom. The van der Waals surface area contributed by atoms with Crippen molar-refractivity contribution in [1.29, 1.82) is 0 Å². The zero-order chi connectivity index (χ0) is 15.7. The summed E-state index contributed by atoms with van der Waals surface area (Å²) in [7, 11) is 0. The summed E-state index contributed by atoms with van der Waals surface area (Å²) in [5.74, 6) is -0.0649. The molecule has 1 N–H and O–H groups in total. The molecule has 112 valence electrons. The molecule has 0 spiro atoms. The van der Waals surface area contributed by atoms with Crippen LogP contribution in [-0.2, 0) is 4.79 Å². The molecule has 0 aliphatic carbocycles. The number of carbonyl (C=O) groups is 1. The standard InChI is InChI=1S/C17H16BrN3O/c1-11-9-13(7-8-14(11)18)20-17(22)12(2)21-10-19-15-5-3-4-6-16(15)21/h3-10,12H,1-2H3,(H,20,22). The van der Waals surface area contributed by atoms with E-state index in [0.29, 0.717) is 0 Å². The molecule has 2 aromatic carbocycles. The van der Waals surface area contributed by atoms with Crippen LogP contribution in [0.1, 0.15) is 18.5 Å². The monoisotopic (exact) mass is 357 g/mol. The van der Waals surface area contributed by atoms with Gasteiger partial charge in [0.15, 0.2) is 0 Å². The molecule has 1 aromatic heterocycles. The van der Waals surface area contributed by atoms with E-state index in [0.717, 1.165) is 26.8 Å². The Morgan fingerprint density at radius 1 is 1.27 bits per heavy atom. The molecule has 0 aliphatic heterocycles. The van der Waals surface area contributed by atoms with Crippen LogP contribution in [-0.4, -0.2) is 15.5 Å². The molecule has 5 heteroatoms. The molecule has 22 heavy (non-hydrogen) atoms. The number of aromatic nitrogens is 2. The van der Waals surface area contributed by atoms with Crippen LogP contribution in [0, 0.1) is 6.92 Å². The number of hydrogen-bond acceptors (Lipinski definition) is 2. The number of anilines is 1. The molecule has 0 bridgehead atoms. The van der Waals surface area contributed by atoms with Crippen LogP contribution >= 0.6 is 15.9 Å². The van der Waals surface area contributed by atoms with E-state index in [9.17, 15) is 4.79 Å². The molecule has 0 radical (unpaired) electrons. The molecular weight excluding hydrogens is 342 g/mol. The van der Waals surface area contributed by atoms with Crippen molar-refractivity contribution in [3.05, 3.63) is 58.8 Å². The van der Waals surface area contributed by atoms with Gasteiger partial charge in [-0.3, -0.25) is 4.79 Å². The summed E-state index contributed by atoms with van der Waals surface area (Å²) >= 11 is 3.46. The maximum atomic E-state index is 12.5. The van der Waals surface area contributed by atoms with E-state index in [1.165, 1.54) is 0 Å². The highest BCUT2D eigenvalue weighted by Gasteiger charge is 2.17. The molecule has 3 rings (SSSR count). The first-order valence-corrected chi connectivity index (χ1v) is 7.84. The van der Waals surface area contributed by atoms with E-state index in [1.54, 1.807) is 6.33 Å². The first-order valence-electron chi connectivity index (χ1n) is 7.05. The first-order chi connectivity index (χ1) is 10.6. The zero-order valence-electron chi connectivity index (χ0n) is 12.4. The number of para-hydroxylation sites is 2. The van der Waals surface area contributed by atoms with Crippen LogP contribution in [0.5, 0.6) is 0 Å². The van der Waals surface area contributed by atoms with E-state index in [4.69, 9.17) is 0 Å². The molecule has 0 aliphatic rings. The largest absolute Gasteiger partial charge is 0.324 e. The summed E-state index contributed by atoms with van der Waals surface area (Å²) in [5.41, 5.74) is 3.72. The molecule has 0 fully saturated rings. The summed E-state index contributed by atoms with van der Waals surface area (Å²) in [6.45, 7) is 3.86. The Balaban J connectivity index is 1.83. The maximum absolute atomic E-state index is 12.5. The van der Waals surface area contributed by atoms with Crippen molar-refractivity contribution < 1.29 is 4.79 Å². The second-order valence-electron chi connectivity index (χ2n) is 5.27. The van der Waals surface area contributed by atoms with Crippen LogP contribution in [0.4, 0.5) is 5.69 Å². The molecular formula is C17H16BrN3O. The van der Waals surface area contributed by atoms with Gasteiger partial charge in [-0.25, -0.2) is 4.98 Å². The highest BCUT2D eigenvalue weighted by Crippen LogP contribution is 2.22. The van der Waals surface area contributed by atoms with Crippen LogP contribution in [0.25, 0.3) is 11.0 Å². The van der Waals surface area contributed by atoms with Crippen LogP contribution in [0.15, 0.2) is 53.3 Å². The van der Waals surface area contributed by atoms with Gasteiger partial charge >= 0.3 is 0 Å². The Hall–Kier alpha value is -2.14. The summed E-state index contributed by atoms with van der Waals surface area (Å²) in [5, 5.41) is 2.95. The number of nitrogens with zero attached hydrogens (tertiary/aromatic N) is 2. The quantitative estimate of drug-likeness (QED) is 0.759. The molecule has 1 atom stereocenters. The third kappa shape index (κ3) is 2.76. The van der Waals surface area contributed by atoms with Crippen molar-refractivity contribution in [2.75, 3.05) is 5.32 Å². The summed E-state index contributed by atoms with van der Waals surface area (Å²) in [4.78, 5) is 16.8. The van der Waals surface area contributed by atoms with E-state index in [2.05, 4.69) is 26.2 Å². The topological polar surface area (TPSA) is 46.9 Å². The number of carbonyl (C=O) groups excluding carboxylic acids is 1. The fraction of sp³-hybridized carbons (Fsp3) is 0.176. The van der Waals surface area contributed by atoms with E-state index < -0.39 is 0 Å². The number of nitrogens with one attached hydrogen (secondary N) is 1. The third-order valence-corrected chi connectivity index (χ3v) is 4.59. The molecule has 4 nitrogen and oxygen atoms in total. The van der Waals surface area contributed by atoms with Gasteiger partial charge in [-0.15, -0.1) is 0 Å². The Kier molecular flexibility index (Phi) is 3.98. The maximum Gasteiger partial charge on any atom is 0.247 e. The van der Waals surface area contributed by atoms with Crippen molar-refractivity contribution in [1.82, 2.24) is 9.55 Å². The third-order valence-electron chi connectivity index (χ3n) is 3.70. The minimum Gasteiger partial charge on any atom is -0.324 e. The predicted molar refractivity (Wildman–Crippen MR) is 92.0 cm³/mol. The number of hydrogen-bond donors (Lipinski definition) is 1. The van der Waals surface area contributed by atoms with Crippen LogP contribution in [0.3, 0.4) is 0 Å². The van der Waals surface area contributed by atoms with Crippen molar-refractivity contribution in [2.45, 2.75) is 19.9 Å². The number of rotatable bonds is 3. The minimum absolute atomic E-state index is 0.0649. The Labute approximate surface area is 137 Å². The molecule has 0 saturated heterocycles. The SMILES string of the molecule is Cc1cc(NC(=O)C(C)n2cnc3ccccc32)ccc1Br. The van der Waals surface area contributed by atoms with Gasteiger partial charge in [0.2, 0.25) is 5.91 Å². The van der Waals surface area contributed by atoms with Gasteiger partial charge < -0.3 is 9.88 Å². The van der Waals surface area contributed by atoms with Crippen LogP contribution in [0.2, 0.25) is 0 Å². The van der Waals surface area contributed by atoms with Gasteiger partial charge in [0.1, 0.15) is 6.04 Å². The summed E-state index contributed by atoms with van der Waals surface area (Å²) in [6, 6.07) is 13.2. The van der Waals surface area contributed by atoms with Gasteiger partial charge in [-0.05, 0) is 49.7 Å². The number of imidazole rings is 1. The highest BCUT2D eigenvalue weighted by molar-refractivity contribution is 9.10. The van der Waals surface area contributed by atoms with Crippen LogP contribution < -0.4 is 5.32 Å². The lowest BCUT2D eigenvalue weighted by atomic mass is 10.2. The second-order valence-corrected chi connectivity index (χ2v) is 6.12. The van der Waals surface area contributed by atoms with Crippen molar-refractivity contribution >= 4 is 38.6 Å².